The zero-order chi connectivity index (χ0) is 8.91. The number of hydrogen-bond donors (Lipinski definition) is 1. The molecule has 0 aromatic rings. The second kappa shape index (κ2) is 5.08. The fourth-order valence-corrected chi connectivity index (χ4v) is 6.22. The van der Waals surface area contributed by atoms with Crippen molar-refractivity contribution in [3.8, 4) is 0 Å². The number of nitrogens with two attached hydrogens (primary N) is 1. The zero-order valence-corrected chi connectivity index (χ0v) is 10.1. The van der Waals surface area contributed by atoms with E-state index in [1.165, 1.54) is 6.04 Å². The predicted octanol–water partition coefficient (Wildman–Crippen LogP) is 1.81. The first kappa shape index (κ1) is 11.4. The molecular weight excluding hydrogens is 170 g/mol. The van der Waals surface area contributed by atoms with Gasteiger partial charge in [-0.2, -0.15) is 0 Å². The van der Waals surface area contributed by atoms with E-state index in [9.17, 15) is 0 Å². The second-order valence-corrected chi connectivity index (χ2v) is 10.8. The van der Waals surface area contributed by atoms with Gasteiger partial charge in [-0.05, 0) is 45.2 Å². The van der Waals surface area contributed by atoms with Gasteiger partial charge in [-0.25, -0.2) is 0 Å². The van der Waals surface area contributed by atoms with Gasteiger partial charge in [0.25, 0.3) is 0 Å². The molecule has 0 bridgehead atoms. The van der Waals surface area contributed by atoms with Gasteiger partial charge in [0, 0.05) is 0 Å². The van der Waals surface area contributed by atoms with Gasteiger partial charge in [-0.15, -0.1) is 0 Å². The van der Waals surface area contributed by atoms with E-state index in [-0.39, 0.29) is 0 Å². The maximum absolute atomic E-state index is 5.92. The minimum atomic E-state index is -1.27. The van der Waals surface area contributed by atoms with E-state index >= 15 is 0 Å². The summed E-state index contributed by atoms with van der Waals surface area (Å²) in [6.45, 7) is 9.76. The molecule has 1 radical (unpaired) electrons. The molecule has 0 saturated heterocycles. The third kappa shape index (κ3) is 8.26. The lowest BCUT2D eigenvalue weighted by atomic mass is 10.5. The van der Waals surface area contributed by atoms with Crippen LogP contribution in [-0.2, 0) is 4.12 Å². The van der Waals surface area contributed by atoms with Gasteiger partial charge in [0.15, 0.2) is 17.4 Å². The topological polar surface area (TPSA) is 35.2 Å². The maximum atomic E-state index is 5.92. The fraction of sp³-hybridized carbons (Fsp3) is 1.00. The van der Waals surface area contributed by atoms with Crippen LogP contribution in [0, 0.1) is 0 Å². The SMILES string of the molecule is C[Si](CCCN)O[Si](C)(C)C. The Hall–Kier alpha value is 0.354. The first-order chi connectivity index (χ1) is 4.95. The van der Waals surface area contributed by atoms with Crippen molar-refractivity contribution in [2.45, 2.75) is 38.7 Å². The minimum Gasteiger partial charge on any atom is -0.456 e. The Morgan fingerprint density at radius 2 is 1.91 bits per heavy atom. The van der Waals surface area contributed by atoms with Crippen LogP contribution in [0.25, 0.3) is 0 Å². The molecule has 11 heavy (non-hydrogen) atoms. The molecule has 0 saturated carbocycles. The minimum absolute atomic E-state index is 0.528. The predicted molar refractivity (Wildman–Crippen MR) is 54.5 cm³/mol. The molecular formula is C7H20NOSi2. The molecule has 0 aliphatic rings. The smallest absolute Gasteiger partial charge is 0.194 e. The Morgan fingerprint density at radius 1 is 1.36 bits per heavy atom. The number of hydrogen-bond acceptors (Lipinski definition) is 2. The fourth-order valence-electron chi connectivity index (χ4n) is 0.925. The van der Waals surface area contributed by atoms with Crippen molar-refractivity contribution in [2.75, 3.05) is 6.54 Å². The van der Waals surface area contributed by atoms with Crippen LogP contribution in [0.3, 0.4) is 0 Å². The van der Waals surface area contributed by atoms with Crippen molar-refractivity contribution in [3.63, 3.8) is 0 Å². The van der Waals surface area contributed by atoms with Gasteiger partial charge in [0.1, 0.15) is 0 Å². The summed E-state index contributed by atoms with van der Waals surface area (Å²) in [6, 6.07) is 1.20. The Kier molecular flexibility index (Phi) is 5.24. The summed E-state index contributed by atoms with van der Waals surface area (Å²) in [5.74, 6) is 0. The van der Waals surface area contributed by atoms with Crippen LogP contribution in [0.15, 0.2) is 0 Å². The largest absolute Gasteiger partial charge is 0.456 e. The van der Waals surface area contributed by atoms with Crippen molar-refractivity contribution in [2.24, 2.45) is 5.73 Å². The number of rotatable bonds is 5. The van der Waals surface area contributed by atoms with Gasteiger partial charge < -0.3 is 9.85 Å². The molecule has 0 fully saturated rings. The van der Waals surface area contributed by atoms with E-state index in [1.807, 2.05) is 0 Å². The van der Waals surface area contributed by atoms with Crippen molar-refractivity contribution < 1.29 is 4.12 Å². The van der Waals surface area contributed by atoms with E-state index in [1.54, 1.807) is 0 Å². The van der Waals surface area contributed by atoms with E-state index in [2.05, 4.69) is 26.2 Å². The molecule has 4 heteroatoms. The molecule has 0 atom stereocenters. The Morgan fingerprint density at radius 3 is 2.27 bits per heavy atom. The average molecular weight is 190 g/mol. The Bertz CT molecular complexity index is 103. The molecule has 67 valence electrons. The van der Waals surface area contributed by atoms with Crippen LogP contribution >= 0.6 is 0 Å². The summed E-state index contributed by atoms with van der Waals surface area (Å²) in [5, 5.41) is 0. The van der Waals surface area contributed by atoms with Crippen LogP contribution in [0.1, 0.15) is 6.42 Å². The summed E-state index contributed by atoms with van der Waals surface area (Å²) in [5.41, 5.74) is 5.41. The summed E-state index contributed by atoms with van der Waals surface area (Å²) < 4.78 is 5.92. The third-order valence-corrected chi connectivity index (χ3v) is 6.11. The lowest BCUT2D eigenvalue weighted by molar-refractivity contribution is 0.570. The maximum Gasteiger partial charge on any atom is 0.194 e. The van der Waals surface area contributed by atoms with Crippen LogP contribution in [0.2, 0.25) is 32.2 Å². The molecule has 0 aliphatic heterocycles. The summed E-state index contributed by atoms with van der Waals surface area (Å²) in [4.78, 5) is 0. The van der Waals surface area contributed by atoms with Gasteiger partial charge >= 0.3 is 0 Å². The average Bonchev–Trinajstić information content (AvgIpc) is 1.79. The van der Waals surface area contributed by atoms with Crippen LogP contribution in [-0.4, -0.2) is 23.9 Å². The van der Waals surface area contributed by atoms with Crippen molar-refractivity contribution in [1.82, 2.24) is 0 Å². The Labute approximate surface area is 73.0 Å². The van der Waals surface area contributed by atoms with Crippen molar-refractivity contribution >= 4 is 17.4 Å². The molecule has 2 nitrogen and oxygen atoms in total. The summed E-state index contributed by atoms with van der Waals surface area (Å²) in [7, 11) is -1.79. The molecule has 0 amide bonds. The van der Waals surface area contributed by atoms with Crippen LogP contribution < -0.4 is 5.73 Å². The highest BCUT2D eigenvalue weighted by Gasteiger charge is 2.18. The lowest BCUT2D eigenvalue weighted by Gasteiger charge is -2.22. The van der Waals surface area contributed by atoms with Gasteiger partial charge in [-0.1, -0.05) is 0 Å². The molecule has 0 aromatic heterocycles. The summed E-state index contributed by atoms with van der Waals surface area (Å²) in [6.07, 6.45) is 1.12. The van der Waals surface area contributed by atoms with E-state index < -0.39 is 17.4 Å². The third-order valence-electron chi connectivity index (χ3n) is 1.21. The van der Waals surface area contributed by atoms with Gasteiger partial charge in [0.2, 0.25) is 0 Å². The second-order valence-electron chi connectivity index (χ2n) is 3.81. The quantitative estimate of drug-likeness (QED) is 0.671. The normalized spacial score (nSPS) is 12.5. The molecule has 0 unspecified atom stereocenters. The van der Waals surface area contributed by atoms with Crippen LogP contribution in [0.5, 0.6) is 0 Å². The lowest BCUT2D eigenvalue weighted by Crippen LogP contribution is -2.33. The molecule has 0 rings (SSSR count). The molecule has 0 spiro atoms. The van der Waals surface area contributed by atoms with Gasteiger partial charge in [0.05, 0.1) is 0 Å². The first-order valence-electron chi connectivity index (χ1n) is 4.17. The molecule has 0 heterocycles. The standard InChI is InChI=1S/C7H20NOSi2/c1-10(7-5-6-8)9-11(2,3)4/h5-8H2,1-4H3. The monoisotopic (exact) mass is 190 g/mol. The van der Waals surface area contributed by atoms with Gasteiger partial charge in [-0.3, -0.25) is 0 Å². The highest BCUT2D eigenvalue weighted by molar-refractivity contribution is 6.77. The van der Waals surface area contributed by atoms with E-state index in [0.717, 1.165) is 13.0 Å². The molecule has 2 N–H and O–H groups in total. The van der Waals surface area contributed by atoms with Crippen molar-refractivity contribution in [1.29, 1.82) is 0 Å². The van der Waals surface area contributed by atoms with Crippen molar-refractivity contribution in [3.05, 3.63) is 0 Å². The molecule has 0 aromatic carbocycles. The highest BCUT2D eigenvalue weighted by Crippen LogP contribution is 2.08. The van der Waals surface area contributed by atoms with E-state index in [0.29, 0.717) is 0 Å². The summed E-state index contributed by atoms with van der Waals surface area (Å²) >= 11 is 0. The Balaban J connectivity index is 3.44. The first-order valence-corrected chi connectivity index (χ1v) is 9.69. The van der Waals surface area contributed by atoms with E-state index in [4.69, 9.17) is 9.85 Å². The van der Waals surface area contributed by atoms with Crippen LogP contribution in [0.4, 0.5) is 0 Å². The molecule has 0 aliphatic carbocycles. The zero-order valence-electron chi connectivity index (χ0n) is 8.11. The highest BCUT2D eigenvalue weighted by atomic mass is 28.4.